The third-order valence-corrected chi connectivity index (χ3v) is 2.62. The molecule has 0 fully saturated rings. The second-order valence-electron chi connectivity index (χ2n) is 3.35. The van der Waals surface area contributed by atoms with E-state index in [1.54, 1.807) is 0 Å². The first-order valence-electron chi connectivity index (χ1n) is 5.17. The van der Waals surface area contributed by atoms with Crippen LogP contribution >= 0.6 is 23.2 Å². The highest BCUT2D eigenvalue weighted by molar-refractivity contribution is 7.69. The molecule has 1 aromatic carbocycles. The van der Waals surface area contributed by atoms with Crippen LogP contribution in [0.3, 0.4) is 0 Å². The minimum Gasteiger partial charge on any atom is -0.231 e. The van der Waals surface area contributed by atoms with Crippen molar-refractivity contribution >= 4 is 34.1 Å². The van der Waals surface area contributed by atoms with Crippen molar-refractivity contribution in [2.45, 2.75) is 18.8 Å². The van der Waals surface area contributed by atoms with Crippen LogP contribution in [0.15, 0.2) is 30.3 Å². The number of benzene rings is 1. The molecule has 17 heavy (non-hydrogen) atoms. The number of hydrogen-bond acceptors (Lipinski definition) is 2. The molecule has 0 radical (unpaired) electrons. The molecule has 0 aromatic heterocycles. The molecule has 0 spiro atoms. The molecule has 1 rings (SSSR count). The van der Waals surface area contributed by atoms with Gasteiger partial charge in [-0.2, -0.15) is 0 Å². The summed E-state index contributed by atoms with van der Waals surface area (Å²) in [7, 11) is -2.62. The van der Waals surface area contributed by atoms with Gasteiger partial charge in [-0.3, -0.25) is 0 Å². The molecule has 98 valence electrons. The third kappa shape index (κ3) is 9.41. The van der Waals surface area contributed by atoms with E-state index in [0.29, 0.717) is 17.7 Å². The van der Waals surface area contributed by atoms with Gasteiger partial charge in [-0.15, -0.1) is 23.2 Å². The van der Waals surface area contributed by atoms with Crippen molar-refractivity contribution in [1.82, 2.24) is 0 Å². The smallest absolute Gasteiger partial charge is 0.198 e. The Morgan fingerprint density at radius 2 is 1.47 bits per heavy atom. The molecule has 2 N–H and O–H groups in total. The highest BCUT2D eigenvalue weighted by Gasteiger charge is 2.08. The van der Waals surface area contributed by atoms with Gasteiger partial charge in [0, 0.05) is 11.8 Å². The molecule has 0 atom stereocenters. The van der Waals surface area contributed by atoms with Gasteiger partial charge < -0.3 is 0 Å². The summed E-state index contributed by atoms with van der Waals surface area (Å²) in [5.74, 6) is 1.93. The maximum Gasteiger partial charge on any atom is 0.198 e. The summed E-state index contributed by atoms with van der Waals surface area (Å²) < 4.78 is 17.6. The Hall–Kier alpha value is -0.290. The minimum absolute atomic E-state index is 0.524. The monoisotopic (exact) mass is 297 g/mol. The van der Waals surface area contributed by atoms with E-state index in [9.17, 15) is 0 Å². The second-order valence-corrected chi connectivity index (χ2v) is 4.67. The highest BCUT2D eigenvalue weighted by Crippen LogP contribution is 2.23. The molecule has 0 saturated carbocycles. The van der Waals surface area contributed by atoms with Crippen molar-refractivity contribution in [3.63, 3.8) is 0 Å². The van der Waals surface area contributed by atoms with Crippen LogP contribution in [0.4, 0.5) is 0 Å². The predicted octanol–water partition coefficient (Wildman–Crippen LogP) is 2.50. The quantitative estimate of drug-likeness (QED) is 0.648. The molecular weight excluding hydrogens is 281 g/mol. The Bertz CT molecular complexity index is 344. The summed E-state index contributed by atoms with van der Waals surface area (Å²) in [6.07, 6.45) is 2.02. The molecule has 3 nitrogen and oxygen atoms in total. The van der Waals surface area contributed by atoms with Crippen molar-refractivity contribution in [2.75, 3.05) is 11.8 Å². The zero-order valence-corrected chi connectivity index (χ0v) is 11.8. The Balaban J connectivity index is 0.000000557. The molecule has 0 aliphatic heterocycles. The Labute approximate surface area is 114 Å². The van der Waals surface area contributed by atoms with E-state index < -0.39 is 10.9 Å². The van der Waals surface area contributed by atoms with Crippen LogP contribution in [0.5, 0.6) is 0 Å². The van der Waals surface area contributed by atoms with Crippen LogP contribution in [-0.2, 0) is 10.9 Å². The van der Waals surface area contributed by atoms with Gasteiger partial charge in [0.1, 0.15) is 0 Å². The number of halogens is 2. The second kappa shape index (κ2) is 10.8. The van der Waals surface area contributed by atoms with E-state index in [-0.39, 0.29) is 0 Å². The first kappa shape index (κ1) is 16.7. The van der Waals surface area contributed by atoms with E-state index >= 15 is 0 Å². The summed E-state index contributed by atoms with van der Waals surface area (Å²) in [6.45, 7) is 0. The van der Waals surface area contributed by atoms with Crippen LogP contribution in [-0.4, -0.2) is 20.2 Å². The lowest BCUT2D eigenvalue weighted by Gasteiger charge is -2.14. The molecule has 0 heterocycles. The summed E-state index contributed by atoms with van der Waals surface area (Å²) in [6, 6.07) is 10.4. The molecule has 0 amide bonds. The number of hydrogen-bond donors (Lipinski definition) is 2. The number of thiol groups is 1. The molecule has 0 bridgehead atoms. The first-order valence-corrected chi connectivity index (χ1v) is 7.49. The van der Waals surface area contributed by atoms with Gasteiger partial charge in [0.15, 0.2) is 10.9 Å². The first-order chi connectivity index (χ1) is 8.11. The van der Waals surface area contributed by atoms with Gasteiger partial charge in [-0.25, -0.2) is 13.6 Å². The lowest BCUT2D eigenvalue weighted by Crippen LogP contribution is -2.00. The van der Waals surface area contributed by atoms with Gasteiger partial charge in [-0.1, -0.05) is 30.3 Å². The highest BCUT2D eigenvalue weighted by atomic mass is 35.5. The van der Waals surface area contributed by atoms with E-state index in [2.05, 4.69) is 29.4 Å². The SMILES string of the molecule is ClCCC(CCCl)c1ccccc1.N[SH](=O)=O. The van der Waals surface area contributed by atoms with E-state index in [1.807, 2.05) is 6.07 Å². The summed E-state index contributed by atoms with van der Waals surface area (Å²) >= 11 is 11.5. The molecular formula is C11H17Cl2NO2S. The van der Waals surface area contributed by atoms with Gasteiger partial charge in [0.25, 0.3) is 0 Å². The Morgan fingerprint density at radius 1 is 1.06 bits per heavy atom. The van der Waals surface area contributed by atoms with Crippen molar-refractivity contribution in [3.8, 4) is 0 Å². The average molecular weight is 298 g/mol. The van der Waals surface area contributed by atoms with Crippen LogP contribution in [0, 0.1) is 0 Å². The average Bonchev–Trinajstić information content (AvgIpc) is 2.29. The lowest BCUT2D eigenvalue weighted by molar-refractivity contribution is 0.616. The van der Waals surface area contributed by atoms with Crippen LogP contribution in [0.1, 0.15) is 24.3 Å². The fourth-order valence-corrected chi connectivity index (χ4v) is 1.99. The summed E-state index contributed by atoms with van der Waals surface area (Å²) in [5.41, 5.74) is 1.35. The van der Waals surface area contributed by atoms with Crippen molar-refractivity contribution in [2.24, 2.45) is 5.14 Å². The molecule has 0 aliphatic rings. The Morgan fingerprint density at radius 3 is 1.82 bits per heavy atom. The predicted molar refractivity (Wildman–Crippen MR) is 74.4 cm³/mol. The topological polar surface area (TPSA) is 60.2 Å². The summed E-state index contributed by atoms with van der Waals surface area (Å²) in [4.78, 5) is 0. The standard InChI is InChI=1S/C11H14Cl2.H3NO2S/c12-8-6-11(7-9-13)10-4-2-1-3-5-10;1-4(2)3/h1-5,11H,6-9H2;4H,(H2,1,2,3). The van der Waals surface area contributed by atoms with Crippen LogP contribution < -0.4 is 5.14 Å². The number of rotatable bonds is 5. The van der Waals surface area contributed by atoms with Gasteiger partial charge >= 0.3 is 0 Å². The molecule has 0 unspecified atom stereocenters. The summed E-state index contributed by atoms with van der Waals surface area (Å²) in [5, 5.41) is 4.06. The maximum absolute atomic E-state index is 8.81. The zero-order chi connectivity index (χ0) is 13.1. The van der Waals surface area contributed by atoms with E-state index in [0.717, 1.165) is 12.8 Å². The fraction of sp³-hybridized carbons (Fsp3) is 0.455. The number of alkyl halides is 2. The molecule has 6 heteroatoms. The minimum atomic E-state index is -2.62. The third-order valence-electron chi connectivity index (χ3n) is 2.19. The molecule has 0 aliphatic carbocycles. The van der Waals surface area contributed by atoms with Crippen LogP contribution in [0.25, 0.3) is 0 Å². The normalized spacial score (nSPS) is 10.2. The van der Waals surface area contributed by atoms with Crippen LogP contribution in [0.2, 0.25) is 0 Å². The van der Waals surface area contributed by atoms with E-state index in [4.69, 9.17) is 31.6 Å². The van der Waals surface area contributed by atoms with Crippen molar-refractivity contribution in [1.29, 1.82) is 0 Å². The van der Waals surface area contributed by atoms with Gasteiger partial charge in [-0.05, 0) is 24.3 Å². The van der Waals surface area contributed by atoms with E-state index in [1.165, 1.54) is 5.56 Å². The maximum atomic E-state index is 8.81. The molecule has 0 saturated heterocycles. The lowest BCUT2D eigenvalue weighted by atomic mass is 9.94. The largest absolute Gasteiger partial charge is 0.231 e. The van der Waals surface area contributed by atoms with Crippen molar-refractivity contribution < 1.29 is 8.42 Å². The van der Waals surface area contributed by atoms with Gasteiger partial charge in [0.05, 0.1) is 0 Å². The zero-order valence-electron chi connectivity index (χ0n) is 9.39. The fourth-order valence-electron chi connectivity index (χ4n) is 1.47. The molecule has 1 aromatic rings. The Kier molecular flexibility index (Phi) is 10.7. The van der Waals surface area contributed by atoms with Gasteiger partial charge in [0.2, 0.25) is 0 Å². The van der Waals surface area contributed by atoms with Crippen molar-refractivity contribution in [3.05, 3.63) is 35.9 Å². The number of nitrogens with two attached hydrogens (primary N) is 1.